The van der Waals surface area contributed by atoms with E-state index in [9.17, 15) is 14.9 Å². The van der Waals surface area contributed by atoms with E-state index >= 15 is 0 Å². The summed E-state index contributed by atoms with van der Waals surface area (Å²) in [5.41, 5.74) is 1.53. The molecule has 0 aliphatic rings. The molecule has 0 unspecified atom stereocenters. The predicted octanol–water partition coefficient (Wildman–Crippen LogP) is 3.65. The van der Waals surface area contributed by atoms with Crippen LogP contribution in [0.15, 0.2) is 66.2 Å². The van der Waals surface area contributed by atoms with Gasteiger partial charge in [0.25, 0.3) is 5.91 Å². The average molecular weight is 391 g/mol. The number of nitriles is 1. The Morgan fingerprint density at radius 1 is 0.897 bits per heavy atom. The number of nitrogens with one attached hydrogen (secondary N) is 2. The molecule has 0 aliphatic heterocycles. The molecule has 0 bridgehead atoms. The molecule has 6 heteroatoms. The van der Waals surface area contributed by atoms with Crippen LogP contribution in [-0.4, -0.2) is 30.7 Å². The Labute approximate surface area is 171 Å². The van der Waals surface area contributed by atoms with Crippen molar-refractivity contribution in [2.24, 2.45) is 0 Å². The van der Waals surface area contributed by atoms with Crippen LogP contribution >= 0.6 is 0 Å². The number of hydrogen-bond donors (Lipinski definition) is 2. The molecule has 0 heterocycles. The van der Waals surface area contributed by atoms with E-state index in [0.717, 1.165) is 11.1 Å². The van der Waals surface area contributed by atoms with Crippen LogP contribution in [0.5, 0.6) is 0 Å². The van der Waals surface area contributed by atoms with Gasteiger partial charge in [0.2, 0.25) is 0 Å². The van der Waals surface area contributed by atoms with Gasteiger partial charge in [0, 0.05) is 18.7 Å². The molecular weight excluding hydrogens is 366 g/mol. The van der Waals surface area contributed by atoms with Crippen LogP contribution in [0, 0.1) is 11.3 Å². The summed E-state index contributed by atoms with van der Waals surface area (Å²) in [4.78, 5) is 24.4. The molecular formula is C23H25N3O3. The van der Waals surface area contributed by atoms with Crippen LogP contribution in [0.3, 0.4) is 0 Å². The van der Waals surface area contributed by atoms with E-state index in [4.69, 9.17) is 4.74 Å². The zero-order valence-electron chi connectivity index (χ0n) is 16.9. The second kappa shape index (κ2) is 10.1. The van der Waals surface area contributed by atoms with Crippen molar-refractivity contribution < 1.29 is 14.3 Å². The first kappa shape index (κ1) is 21.7. The third-order valence-corrected chi connectivity index (χ3v) is 3.79. The van der Waals surface area contributed by atoms with Gasteiger partial charge >= 0.3 is 6.09 Å². The Bertz CT molecular complexity index is 866. The Kier molecular flexibility index (Phi) is 7.55. The van der Waals surface area contributed by atoms with Gasteiger partial charge in [-0.15, -0.1) is 0 Å². The Morgan fingerprint density at radius 2 is 1.38 bits per heavy atom. The molecule has 2 rings (SSSR count). The zero-order chi connectivity index (χ0) is 21.3. The minimum atomic E-state index is -0.593. The van der Waals surface area contributed by atoms with Crippen LogP contribution in [-0.2, 0) is 9.53 Å². The highest BCUT2D eigenvalue weighted by Crippen LogP contribution is 2.26. The third kappa shape index (κ3) is 6.82. The Morgan fingerprint density at radius 3 is 1.83 bits per heavy atom. The van der Waals surface area contributed by atoms with Crippen molar-refractivity contribution in [3.05, 3.63) is 77.4 Å². The first-order valence-electron chi connectivity index (χ1n) is 9.32. The average Bonchev–Trinajstić information content (AvgIpc) is 2.69. The summed E-state index contributed by atoms with van der Waals surface area (Å²) in [6, 6.07) is 20.6. The topological polar surface area (TPSA) is 91.2 Å². The maximum Gasteiger partial charge on any atom is 0.407 e. The standard InChI is InChI=1S/C23H25N3O3/c1-23(2,3)29-22(28)26-15-14-25-21(27)19(16-24)20(17-10-6-4-7-11-17)18-12-8-5-9-13-18/h4-13H,14-15H2,1-3H3,(H,25,27)(H,26,28). The number of carbonyl (C=O) groups excluding carboxylic acids is 2. The molecule has 0 saturated heterocycles. The quantitative estimate of drug-likeness (QED) is 0.447. The number of carbonyl (C=O) groups is 2. The van der Waals surface area contributed by atoms with Crippen molar-refractivity contribution in [3.8, 4) is 6.07 Å². The van der Waals surface area contributed by atoms with E-state index in [1.807, 2.05) is 66.7 Å². The fraction of sp³-hybridized carbons (Fsp3) is 0.261. The van der Waals surface area contributed by atoms with Gasteiger partial charge in [-0.25, -0.2) is 4.79 Å². The van der Waals surface area contributed by atoms with E-state index in [-0.39, 0.29) is 18.7 Å². The van der Waals surface area contributed by atoms with Gasteiger partial charge in [0.1, 0.15) is 17.2 Å². The highest BCUT2D eigenvalue weighted by molar-refractivity contribution is 6.08. The van der Waals surface area contributed by atoms with Crippen molar-refractivity contribution in [3.63, 3.8) is 0 Å². The van der Waals surface area contributed by atoms with Crippen LogP contribution < -0.4 is 10.6 Å². The SMILES string of the molecule is CC(C)(C)OC(=O)NCCNC(=O)C(C#N)=C(c1ccccc1)c1ccccc1. The highest BCUT2D eigenvalue weighted by atomic mass is 16.6. The summed E-state index contributed by atoms with van der Waals surface area (Å²) < 4.78 is 5.14. The lowest BCUT2D eigenvalue weighted by Gasteiger charge is -2.19. The van der Waals surface area contributed by atoms with Crippen molar-refractivity contribution in [2.75, 3.05) is 13.1 Å². The van der Waals surface area contributed by atoms with Gasteiger partial charge in [0.05, 0.1) is 0 Å². The van der Waals surface area contributed by atoms with Gasteiger partial charge in [0.15, 0.2) is 0 Å². The van der Waals surface area contributed by atoms with E-state index in [2.05, 4.69) is 10.6 Å². The molecule has 29 heavy (non-hydrogen) atoms. The molecule has 0 fully saturated rings. The zero-order valence-corrected chi connectivity index (χ0v) is 16.9. The molecule has 2 aromatic carbocycles. The second-order valence-electron chi connectivity index (χ2n) is 7.28. The van der Waals surface area contributed by atoms with Gasteiger partial charge < -0.3 is 15.4 Å². The first-order chi connectivity index (χ1) is 13.8. The molecule has 0 saturated carbocycles. The molecule has 0 spiro atoms. The monoisotopic (exact) mass is 391 g/mol. The molecule has 2 N–H and O–H groups in total. The van der Waals surface area contributed by atoms with Crippen molar-refractivity contribution in [2.45, 2.75) is 26.4 Å². The Balaban J connectivity index is 2.15. The number of hydrogen-bond acceptors (Lipinski definition) is 4. The first-order valence-corrected chi connectivity index (χ1v) is 9.32. The summed E-state index contributed by atoms with van der Waals surface area (Å²) in [5, 5.41) is 15.0. The second-order valence-corrected chi connectivity index (χ2v) is 7.28. The summed E-state index contributed by atoms with van der Waals surface area (Å²) in [5.74, 6) is -0.499. The molecule has 2 amide bonds. The smallest absolute Gasteiger partial charge is 0.407 e. The third-order valence-electron chi connectivity index (χ3n) is 3.79. The largest absolute Gasteiger partial charge is 0.444 e. The number of nitrogens with zero attached hydrogens (tertiary/aromatic N) is 1. The lowest BCUT2D eigenvalue weighted by Crippen LogP contribution is -2.38. The molecule has 0 atom stereocenters. The number of alkyl carbamates (subject to hydrolysis) is 1. The highest BCUT2D eigenvalue weighted by Gasteiger charge is 2.19. The van der Waals surface area contributed by atoms with Gasteiger partial charge in [-0.2, -0.15) is 5.26 Å². The van der Waals surface area contributed by atoms with Crippen LogP contribution in [0.4, 0.5) is 4.79 Å². The van der Waals surface area contributed by atoms with Crippen LogP contribution in [0.25, 0.3) is 5.57 Å². The molecule has 2 aromatic rings. The van der Waals surface area contributed by atoms with E-state index in [1.165, 1.54) is 0 Å². The number of benzene rings is 2. The molecule has 150 valence electrons. The summed E-state index contributed by atoms with van der Waals surface area (Å²) in [6.45, 7) is 5.67. The number of ether oxygens (including phenoxy) is 1. The van der Waals surface area contributed by atoms with Crippen molar-refractivity contribution in [1.29, 1.82) is 5.26 Å². The van der Waals surface area contributed by atoms with Crippen LogP contribution in [0.2, 0.25) is 0 Å². The van der Waals surface area contributed by atoms with Crippen molar-refractivity contribution >= 4 is 17.6 Å². The van der Waals surface area contributed by atoms with E-state index in [1.54, 1.807) is 20.8 Å². The summed E-state index contributed by atoms with van der Waals surface area (Å²) in [6.07, 6.45) is -0.558. The maximum atomic E-state index is 12.7. The van der Waals surface area contributed by atoms with Gasteiger partial charge in [-0.1, -0.05) is 60.7 Å². The van der Waals surface area contributed by atoms with Gasteiger partial charge in [-0.3, -0.25) is 4.79 Å². The number of rotatable bonds is 6. The van der Waals surface area contributed by atoms with E-state index < -0.39 is 17.6 Å². The minimum absolute atomic E-state index is 0.0136. The molecule has 0 radical (unpaired) electrons. The van der Waals surface area contributed by atoms with Gasteiger partial charge in [-0.05, 0) is 31.9 Å². The lowest BCUT2D eigenvalue weighted by molar-refractivity contribution is -0.117. The predicted molar refractivity (Wildman–Crippen MR) is 112 cm³/mol. The number of amides is 2. The molecule has 6 nitrogen and oxygen atoms in total. The summed E-state index contributed by atoms with van der Waals surface area (Å²) >= 11 is 0. The normalized spacial score (nSPS) is 10.4. The fourth-order valence-electron chi connectivity index (χ4n) is 2.63. The Hall–Kier alpha value is -3.59. The summed E-state index contributed by atoms with van der Waals surface area (Å²) in [7, 11) is 0. The van der Waals surface area contributed by atoms with E-state index in [0.29, 0.717) is 5.57 Å². The maximum absolute atomic E-state index is 12.7. The molecule has 0 aromatic heterocycles. The fourth-order valence-corrected chi connectivity index (χ4v) is 2.63. The van der Waals surface area contributed by atoms with Crippen molar-refractivity contribution in [1.82, 2.24) is 10.6 Å². The molecule has 0 aliphatic carbocycles. The van der Waals surface area contributed by atoms with Crippen LogP contribution in [0.1, 0.15) is 31.9 Å². The minimum Gasteiger partial charge on any atom is -0.444 e. The lowest BCUT2D eigenvalue weighted by atomic mass is 9.93.